The van der Waals surface area contributed by atoms with Crippen molar-refractivity contribution in [2.75, 3.05) is 53.6 Å². The first-order valence-corrected chi connectivity index (χ1v) is 15.6. The second kappa shape index (κ2) is 17.5. The van der Waals surface area contributed by atoms with Gasteiger partial charge in [0.2, 0.25) is 0 Å². The molecule has 9 nitrogen and oxygen atoms in total. The zero-order valence-electron chi connectivity index (χ0n) is 26.5. The maximum absolute atomic E-state index is 14.3. The molecule has 1 heterocycles. The number of carbonyl (C=O) groups is 2. The van der Waals surface area contributed by atoms with E-state index in [1.54, 1.807) is 18.0 Å². The fraction of sp³-hybridized carbons (Fsp3) is 0.576. The van der Waals surface area contributed by atoms with Crippen LogP contribution in [0.15, 0.2) is 42.5 Å². The number of nitrogens with zero attached hydrogens (tertiary/aromatic N) is 1. The number of hydrogen-bond acceptors (Lipinski definition) is 7. The minimum absolute atomic E-state index is 0.0445. The van der Waals surface area contributed by atoms with Crippen LogP contribution in [0.2, 0.25) is 5.02 Å². The number of rotatable bonds is 14. The van der Waals surface area contributed by atoms with Crippen LogP contribution in [-0.2, 0) is 25.4 Å². The number of amides is 2. The van der Waals surface area contributed by atoms with Crippen molar-refractivity contribution < 1.29 is 32.9 Å². The van der Waals surface area contributed by atoms with Crippen LogP contribution < -0.4 is 10.6 Å². The van der Waals surface area contributed by atoms with E-state index in [2.05, 4.69) is 15.4 Å². The molecule has 2 aromatic rings. The average Bonchev–Trinajstić information content (AvgIpc) is 2.97. The summed E-state index contributed by atoms with van der Waals surface area (Å²) >= 11 is 6.16. The zero-order chi connectivity index (χ0) is 32.1. The van der Waals surface area contributed by atoms with Crippen molar-refractivity contribution in [2.45, 2.75) is 64.2 Å². The van der Waals surface area contributed by atoms with Crippen LogP contribution in [0.4, 0.5) is 14.0 Å². The lowest BCUT2D eigenvalue weighted by molar-refractivity contribution is 0.0113. The Morgan fingerprint density at radius 1 is 1.16 bits per heavy atom. The van der Waals surface area contributed by atoms with Crippen molar-refractivity contribution >= 4 is 23.8 Å². The van der Waals surface area contributed by atoms with Crippen LogP contribution in [0.1, 0.15) is 62.8 Å². The Labute approximate surface area is 265 Å². The highest BCUT2D eigenvalue weighted by Crippen LogP contribution is 2.30. The average molecular weight is 636 g/mol. The van der Waals surface area contributed by atoms with Crippen molar-refractivity contribution in [1.29, 1.82) is 0 Å². The Balaban J connectivity index is 1.65. The number of halogens is 2. The lowest BCUT2D eigenvalue weighted by Crippen LogP contribution is -2.47. The first-order valence-electron chi connectivity index (χ1n) is 15.2. The number of carbonyl (C=O) groups excluding carboxylic acids is 2. The van der Waals surface area contributed by atoms with Crippen LogP contribution in [0.5, 0.6) is 0 Å². The van der Waals surface area contributed by atoms with Gasteiger partial charge in [0.25, 0.3) is 0 Å². The summed E-state index contributed by atoms with van der Waals surface area (Å²) in [5.74, 6) is -0.0620. The second-order valence-electron chi connectivity index (χ2n) is 12.1. The molecule has 1 fully saturated rings. The molecule has 2 amide bonds. The Bertz CT molecular complexity index is 1180. The second-order valence-corrected chi connectivity index (χ2v) is 12.6. The van der Waals surface area contributed by atoms with Crippen LogP contribution in [-0.4, -0.2) is 82.3 Å². The molecule has 2 N–H and O–H groups in total. The first kappa shape index (κ1) is 35.6. The molecule has 0 radical (unpaired) electrons. The van der Waals surface area contributed by atoms with E-state index in [9.17, 15) is 14.0 Å². The fourth-order valence-electron chi connectivity index (χ4n) is 5.17. The van der Waals surface area contributed by atoms with Crippen LogP contribution in [0, 0.1) is 11.7 Å². The molecule has 3 rings (SSSR count). The number of alkyl carbamates (subject to hydrolysis) is 1. The molecule has 1 unspecified atom stereocenters. The number of nitrogens with one attached hydrogen (secondary N) is 2. The van der Waals surface area contributed by atoms with Gasteiger partial charge in [-0.15, -0.1) is 0 Å². The van der Waals surface area contributed by atoms with Gasteiger partial charge in [-0.2, -0.15) is 0 Å². The van der Waals surface area contributed by atoms with E-state index in [1.165, 1.54) is 19.2 Å². The molecular weight excluding hydrogens is 589 g/mol. The van der Waals surface area contributed by atoms with Crippen molar-refractivity contribution in [2.24, 2.45) is 5.92 Å². The number of benzene rings is 2. The maximum atomic E-state index is 14.3. The van der Waals surface area contributed by atoms with E-state index in [4.69, 9.17) is 25.8 Å². The van der Waals surface area contributed by atoms with Gasteiger partial charge in [0.05, 0.1) is 13.7 Å². The zero-order valence-corrected chi connectivity index (χ0v) is 27.3. The Morgan fingerprint density at radius 2 is 1.95 bits per heavy atom. The molecule has 0 bridgehead atoms. The van der Waals surface area contributed by atoms with E-state index in [0.717, 1.165) is 43.4 Å². The van der Waals surface area contributed by atoms with Gasteiger partial charge < -0.3 is 34.5 Å². The number of hydrogen-bond donors (Lipinski definition) is 2. The maximum Gasteiger partial charge on any atom is 0.410 e. The number of methoxy groups -OCH3 is 1. The third-order valence-corrected chi connectivity index (χ3v) is 7.56. The van der Waals surface area contributed by atoms with Crippen LogP contribution in [0.3, 0.4) is 0 Å². The molecule has 0 spiro atoms. The number of likely N-dealkylation sites (N-methyl/N-ethyl adjacent to an activating group) is 1. The van der Waals surface area contributed by atoms with Gasteiger partial charge in [-0.1, -0.05) is 35.9 Å². The standard InChI is InChI=1S/C33H47ClFN3O6/c1-33(2,3)44-32(40)38(4)29(17-24-9-7-14-42-22-24)21-36-12-11-23-8-6-10-25(16-23)30(43-15-13-37-31(39)41-5)26-18-27(34)20-28(35)19-26/h6,8,10,16,18-20,24,29-30,36H,7,9,11-15,17,21-22H2,1-5H3,(H,37,39)/t24-,29+,30?/m1/s1. The highest BCUT2D eigenvalue weighted by molar-refractivity contribution is 6.30. The highest BCUT2D eigenvalue weighted by Gasteiger charge is 2.28. The summed E-state index contributed by atoms with van der Waals surface area (Å²) in [6.45, 7) is 8.82. The van der Waals surface area contributed by atoms with Gasteiger partial charge in [0.1, 0.15) is 17.5 Å². The highest BCUT2D eigenvalue weighted by atomic mass is 35.5. The van der Waals surface area contributed by atoms with E-state index in [1.807, 2.05) is 45.0 Å². The molecule has 0 saturated carbocycles. The van der Waals surface area contributed by atoms with Gasteiger partial charge in [0.15, 0.2) is 0 Å². The SMILES string of the molecule is COC(=O)NCCOC(c1cc(F)cc(Cl)c1)c1cccc(CCNC[C@H](C[C@H]2CCCOC2)N(C)C(=O)OC(C)(C)C)c1. The van der Waals surface area contributed by atoms with Crippen LogP contribution >= 0.6 is 11.6 Å². The minimum atomic E-state index is -0.597. The quantitative estimate of drug-likeness (QED) is 0.241. The summed E-state index contributed by atoms with van der Waals surface area (Å²) in [4.78, 5) is 26.0. The molecular formula is C33H47ClFN3O6. The Morgan fingerprint density at radius 3 is 2.64 bits per heavy atom. The molecule has 1 aliphatic rings. The van der Waals surface area contributed by atoms with Gasteiger partial charge in [0, 0.05) is 44.4 Å². The third-order valence-electron chi connectivity index (χ3n) is 7.34. The van der Waals surface area contributed by atoms with Crippen molar-refractivity contribution in [3.05, 3.63) is 70.0 Å². The Hall–Kier alpha value is -2.92. The van der Waals surface area contributed by atoms with E-state index in [0.29, 0.717) is 31.2 Å². The minimum Gasteiger partial charge on any atom is -0.453 e. The van der Waals surface area contributed by atoms with Gasteiger partial charge in [-0.25, -0.2) is 14.0 Å². The summed E-state index contributed by atoms with van der Waals surface area (Å²) in [6.07, 6.45) is 2.19. The van der Waals surface area contributed by atoms with Crippen molar-refractivity contribution in [3.8, 4) is 0 Å². The van der Waals surface area contributed by atoms with Gasteiger partial charge in [-0.05, 0) is 93.8 Å². The summed E-state index contributed by atoms with van der Waals surface area (Å²) in [7, 11) is 3.09. The van der Waals surface area contributed by atoms with E-state index >= 15 is 0 Å². The van der Waals surface area contributed by atoms with Gasteiger partial charge in [-0.3, -0.25) is 0 Å². The lowest BCUT2D eigenvalue weighted by atomic mass is 9.93. The summed E-state index contributed by atoms with van der Waals surface area (Å²) in [5.41, 5.74) is 1.90. The topological polar surface area (TPSA) is 98.4 Å². The molecule has 44 heavy (non-hydrogen) atoms. The molecule has 2 aromatic carbocycles. The first-order chi connectivity index (χ1) is 20.9. The number of ether oxygens (including phenoxy) is 4. The van der Waals surface area contributed by atoms with E-state index in [-0.39, 0.29) is 30.3 Å². The normalized spacial score (nSPS) is 16.6. The molecule has 1 saturated heterocycles. The van der Waals surface area contributed by atoms with Gasteiger partial charge >= 0.3 is 12.2 Å². The molecule has 244 valence electrons. The lowest BCUT2D eigenvalue weighted by Gasteiger charge is -2.34. The molecule has 3 atom stereocenters. The van der Waals surface area contributed by atoms with Crippen molar-refractivity contribution in [3.63, 3.8) is 0 Å². The predicted molar refractivity (Wildman–Crippen MR) is 169 cm³/mol. The summed E-state index contributed by atoms with van der Waals surface area (Å²) in [6, 6.07) is 12.2. The monoisotopic (exact) mass is 635 g/mol. The predicted octanol–water partition coefficient (Wildman–Crippen LogP) is 6.13. The molecule has 11 heteroatoms. The van der Waals surface area contributed by atoms with Crippen LogP contribution in [0.25, 0.3) is 0 Å². The molecule has 0 aromatic heterocycles. The summed E-state index contributed by atoms with van der Waals surface area (Å²) < 4.78 is 36.3. The Kier molecular flexibility index (Phi) is 14.2. The summed E-state index contributed by atoms with van der Waals surface area (Å²) in [5, 5.41) is 6.39. The largest absolute Gasteiger partial charge is 0.453 e. The van der Waals surface area contributed by atoms with Crippen molar-refractivity contribution in [1.82, 2.24) is 15.5 Å². The smallest absolute Gasteiger partial charge is 0.410 e. The molecule has 0 aliphatic carbocycles. The van der Waals surface area contributed by atoms with E-state index < -0.39 is 23.6 Å². The third kappa shape index (κ3) is 12.2. The molecule has 1 aliphatic heterocycles. The fourth-order valence-corrected chi connectivity index (χ4v) is 5.40.